The predicted octanol–water partition coefficient (Wildman–Crippen LogP) is 7.80. The number of amides is 2. The van der Waals surface area contributed by atoms with Gasteiger partial charge in [-0.25, -0.2) is 0 Å². The SMILES string of the molecule is COc1cc(/C=C2\SC(=S)N(c3ccc(Cl)cc3Cl)C2=O)ccc1OCC(=O)Nc1cc(C)c(C)cc1Br. The Kier molecular flexibility index (Phi) is 9.05. The molecule has 6 nitrogen and oxygen atoms in total. The maximum absolute atomic E-state index is 13.1. The Morgan fingerprint density at radius 3 is 2.55 bits per heavy atom. The number of halogens is 3. The molecule has 0 unspecified atom stereocenters. The number of benzene rings is 3. The van der Waals surface area contributed by atoms with E-state index in [4.69, 9.17) is 44.9 Å². The lowest BCUT2D eigenvalue weighted by atomic mass is 10.1. The maximum atomic E-state index is 13.1. The quantitative estimate of drug-likeness (QED) is 0.208. The number of thiocarbonyl (C=S) groups is 1. The molecule has 0 atom stereocenters. The van der Waals surface area contributed by atoms with Gasteiger partial charge in [0.2, 0.25) is 0 Å². The second kappa shape index (κ2) is 12.1. The zero-order chi connectivity index (χ0) is 27.6. The number of carbonyl (C=O) groups excluding carboxylic acids is 2. The Balaban J connectivity index is 1.47. The van der Waals surface area contributed by atoms with E-state index in [-0.39, 0.29) is 18.4 Å². The normalized spacial score (nSPS) is 14.3. The molecule has 11 heteroatoms. The highest BCUT2D eigenvalue weighted by atomic mass is 79.9. The van der Waals surface area contributed by atoms with Gasteiger partial charge in [-0.15, -0.1) is 0 Å². The number of anilines is 2. The zero-order valence-corrected chi connectivity index (χ0v) is 25.2. The summed E-state index contributed by atoms with van der Waals surface area (Å²) in [4.78, 5) is 27.4. The molecule has 1 aliphatic heterocycles. The number of ether oxygens (including phenoxy) is 2. The first kappa shape index (κ1) is 28.4. The Hall–Kier alpha value is -2.56. The standard InChI is InChI=1S/C27H21BrCl2N2O4S2/c1-14-8-18(28)20(9-15(14)2)31-25(33)13-36-22-7-4-16(10-23(22)35-3)11-24-26(34)32(27(37)38-24)21-6-5-17(29)12-19(21)30/h4-12H,13H2,1-3H3,(H,31,33)/b24-11-. The molecule has 196 valence electrons. The van der Waals surface area contributed by atoms with Crippen molar-refractivity contribution in [3.8, 4) is 11.5 Å². The second-order valence-corrected chi connectivity index (χ2v) is 11.7. The first-order valence-corrected chi connectivity index (χ1v) is 13.9. The van der Waals surface area contributed by atoms with Crippen LogP contribution in [0.25, 0.3) is 6.08 Å². The van der Waals surface area contributed by atoms with Gasteiger partial charge in [0.05, 0.1) is 28.4 Å². The highest BCUT2D eigenvalue weighted by molar-refractivity contribution is 9.10. The van der Waals surface area contributed by atoms with Crippen molar-refractivity contribution in [2.24, 2.45) is 0 Å². The first-order chi connectivity index (χ1) is 18.1. The molecule has 0 aromatic heterocycles. The summed E-state index contributed by atoms with van der Waals surface area (Å²) in [6.07, 6.45) is 1.71. The first-order valence-electron chi connectivity index (χ1n) is 11.2. The van der Waals surface area contributed by atoms with E-state index in [1.54, 1.807) is 42.5 Å². The number of rotatable bonds is 7. The molecule has 0 bridgehead atoms. The van der Waals surface area contributed by atoms with Crippen LogP contribution in [0.15, 0.2) is 57.9 Å². The fourth-order valence-corrected chi connectivity index (χ4v) is 5.92. The van der Waals surface area contributed by atoms with Crippen LogP contribution in [0, 0.1) is 13.8 Å². The van der Waals surface area contributed by atoms with E-state index < -0.39 is 0 Å². The Labute approximate surface area is 248 Å². The van der Waals surface area contributed by atoms with Crippen LogP contribution in [-0.2, 0) is 9.59 Å². The highest BCUT2D eigenvalue weighted by Crippen LogP contribution is 2.40. The molecule has 1 saturated heterocycles. The van der Waals surface area contributed by atoms with Crippen LogP contribution in [0.5, 0.6) is 11.5 Å². The van der Waals surface area contributed by atoms with Crippen molar-refractivity contribution in [1.82, 2.24) is 0 Å². The third-order valence-electron chi connectivity index (χ3n) is 5.65. The lowest BCUT2D eigenvalue weighted by Crippen LogP contribution is -2.27. The summed E-state index contributed by atoms with van der Waals surface area (Å²) in [6.45, 7) is 3.77. The molecule has 1 fully saturated rings. The number of carbonyl (C=O) groups is 2. The lowest BCUT2D eigenvalue weighted by molar-refractivity contribution is -0.118. The summed E-state index contributed by atoms with van der Waals surface area (Å²) in [7, 11) is 1.50. The average molecular weight is 652 g/mol. The van der Waals surface area contributed by atoms with Crippen LogP contribution in [0.4, 0.5) is 11.4 Å². The third kappa shape index (κ3) is 6.35. The van der Waals surface area contributed by atoms with Crippen LogP contribution >= 0.6 is 63.1 Å². The molecule has 38 heavy (non-hydrogen) atoms. The number of hydrogen-bond acceptors (Lipinski definition) is 6. The Morgan fingerprint density at radius 1 is 1.11 bits per heavy atom. The van der Waals surface area contributed by atoms with Gasteiger partial charge >= 0.3 is 0 Å². The highest BCUT2D eigenvalue weighted by Gasteiger charge is 2.34. The lowest BCUT2D eigenvalue weighted by Gasteiger charge is -2.16. The molecular weight excluding hydrogens is 631 g/mol. The van der Waals surface area contributed by atoms with E-state index in [2.05, 4.69) is 21.2 Å². The van der Waals surface area contributed by atoms with Gasteiger partial charge in [0.1, 0.15) is 0 Å². The van der Waals surface area contributed by atoms with Gasteiger partial charge in [-0.1, -0.05) is 53.2 Å². The van der Waals surface area contributed by atoms with Crippen LogP contribution in [-0.4, -0.2) is 29.9 Å². The van der Waals surface area contributed by atoms with E-state index >= 15 is 0 Å². The third-order valence-corrected chi connectivity index (χ3v) is 8.14. The van der Waals surface area contributed by atoms with Gasteiger partial charge in [0.25, 0.3) is 11.8 Å². The van der Waals surface area contributed by atoms with Crippen molar-refractivity contribution in [1.29, 1.82) is 0 Å². The van der Waals surface area contributed by atoms with Gasteiger partial charge in [0.15, 0.2) is 22.4 Å². The van der Waals surface area contributed by atoms with Gasteiger partial charge in [-0.3, -0.25) is 14.5 Å². The molecular formula is C27H21BrCl2N2O4S2. The predicted molar refractivity (Wildman–Crippen MR) is 163 cm³/mol. The van der Waals surface area contributed by atoms with Gasteiger partial charge in [-0.2, -0.15) is 0 Å². The summed E-state index contributed by atoms with van der Waals surface area (Å²) in [6, 6.07) is 13.9. The topological polar surface area (TPSA) is 67.9 Å². The van der Waals surface area contributed by atoms with Crippen molar-refractivity contribution in [3.05, 3.63) is 84.6 Å². The minimum Gasteiger partial charge on any atom is -0.493 e. The molecule has 0 aliphatic carbocycles. The number of thioether (sulfide) groups is 1. The van der Waals surface area contributed by atoms with E-state index in [0.29, 0.717) is 47.7 Å². The van der Waals surface area contributed by atoms with E-state index in [1.165, 1.54) is 23.8 Å². The largest absolute Gasteiger partial charge is 0.493 e. The molecule has 0 radical (unpaired) electrons. The smallest absolute Gasteiger partial charge is 0.270 e. The molecule has 4 rings (SSSR count). The molecule has 0 saturated carbocycles. The molecule has 3 aromatic carbocycles. The minimum absolute atomic E-state index is 0.213. The van der Waals surface area contributed by atoms with Crippen molar-refractivity contribution in [2.75, 3.05) is 23.9 Å². The molecule has 0 spiro atoms. The summed E-state index contributed by atoms with van der Waals surface area (Å²) in [5.74, 6) is 0.192. The second-order valence-electron chi connectivity index (χ2n) is 8.28. The fraction of sp³-hybridized carbons (Fsp3) is 0.148. The maximum Gasteiger partial charge on any atom is 0.270 e. The summed E-state index contributed by atoms with van der Waals surface area (Å²) < 4.78 is 12.3. The van der Waals surface area contributed by atoms with Crippen molar-refractivity contribution in [3.63, 3.8) is 0 Å². The fourth-order valence-electron chi connectivity index (χ4n) is 3.59. The number of nitrogens with one attached hydrogen (secondary N) is 1. The molecule has 3 aromatic rings. The van der Waals surface area contributed by atoms with Crippen molar-refractivity contribution < 1.29 is 19.1 Å². The van der Waals surface area contributed by atoms with Crippen LogP contribution in [0.2, 0.25) is 10.0 Å². The summed E-state index contributed by atoms with van der Waals surface area (Å²) in [5.41, 5.74) is 4.01. The van der Waals surface area contributed by atoms with Gasteiger partial charge in [-0.05, 0) is 95.0 Å². The van der Waals surface area contributed by atoms with Gasteiger partial charge in [0, 0.05) is 9.50 Å². The van der Waals surface area contributed by atoms with Crippen LogP contribution in [0.3, 0.4) is 0 Å². The van der Waals surface area contributed by atoms with Crippen LogP contribution in [0.1, 0.15) is 16.7 Å². The molecule has 1 aliphatic rings. The Morgan fingerprint density at radius 2 is 1.84 bits per heavy atom. The van der Waals surface area contributed by atoms with Gasteiger partial charge < -0.3 is 14.8 Å². The van der Waals surface area contributed by atoms with E-state index in [1.807, 2.05) is 26.0 Å². The van der Waals surface area contributed by atoms with E-state index in [0.717, 1.165) is 15.6 Å². The number of aryl methyl sites for hydroxylation is 2. The minimum atomic E-state index is -0.315. The van der Waals surface area contributed by atoms with Crippen molar-refractivity contribution in [2.45, 2.75) is 13.8 Å². The summed E-state index contributed by atoms with van der Waals surface area (Å²) in [5, 5.41) is 3.63. The molecule has 1 heterocycles. The number of methoxy groups -OCH3 is 1. The number of hydrogen-bond donors (Lipinski definition) is 1. The average Bonchev–Trinajstić information content (AvgIpc) is 3.14. The summed E-state index contributed by atoms with van der Waals surface area (Å²) >= 11 is 22.4. The monoisotopic (exact) mass is 650 g/mol. The van der Waals surface area contributed by atoms with Crippen molar-refractivity contribution >= 4 is 96.7 Å². The molecule has 2 amide bonds. The van der Waals surface area contributed by atoms with E-state index in [9.17, 15) is 9.59 Å². The zero-order valence-electron chi connectivity index (χ0n) is 20.4. The Bertz CT molecular complexity index is 1500. The van der Waals surface area contributed by atoms with Crippen LogP contribution < -0.4 is 19.7 Å². The molecule has 1 N–H and O–H groups in total. The number of nitrogens with zero attached hydrogens (tertiary/aromatic N) is 1.